The Balaban J connectivity index is 0.00000176. The van der Waals surface area contributed by atoms with Crippen LogP contribution < -0.4 is 5.32 Å². The van der Waals surface area contributed by atoms with Crippen LogP contribution in [0.5, 0.6) is 0 Å². The van der Waals surface area contributed by atoms with Crippen LogP contribution in [0, 0.1) is 6.07 Å². The fourth-order valence-electron chi connectivity index (χ4n) is 2.66. The van der Waals surface area contributed by atoms with Gasteiger partial charge in [-0.25, -0.2) is 4.79 Å². The molecule has 22 heavy (non-hydrogen) atoms. The maximum Gasteiger partial charge on any atom is 0.314 e. The molecule has 2 aliphatic rings. The largest absolute Gasteiger partial charge is 0.394 e. The first-order valence-electron chi connectivity index (χ1n) is 6.55. The Labute approximate surface area is 152 Å². The van der Waals surface area contributed by atoms with Gasteiger partial charge in [-0.3, -0.25) is 4.90 Å². The van der Waals surface area contributed by atoms with Gasteiger partial charge in [0, 0.05) is 45.1 Å². The molecule has 0 spiro atoms. The Bertz CT molecular complexity index is 570. The van der Waals surface area contributed by atoms with Gasteiger partial charge in [0.2, 0.25) is 0 Å². The van der Waals surface area contributed by atoms with Gasteiger partial charge >= 0.3 is 6.03 Å². The van der Waals surface area contributed by atoms with Crippen molar-refractivity contribution >= 4 is 11.8 Å². The molecule has 1 aromatic heterocycles. The molecular formula is C13H16N3O5Y-. The van der Waals surface area contributed by atoms with Crippen molar-refractivity contribution in [3.05, 3.63) is 23.9 Å². The summed E-state index contributed by atoms with van der Waals surface area (Å²) in [5.41, 5.74) is -1.04. The fraction of sp³-hybridized carbons (Fsp3) is 0.538. The molecule has 1 saturated heterocycles. The molecule has 3 rings (SSSR count). The van der Waals surface area contributed by atoms with Crippen molar-refractivity contribution in [1.29, 1.82) is 0 Å². The van der Waals surface area contributed by atoms with E-state index in [4.69, 9.17) is 4.74 Å². The summed E-state index contributed by atoms with van der Waals surface area (Å²) < 4.78 is 5.44. The first-order valence-corrected chi connectivity index (χ1v) is 6.55. The summed E-state index contributed by atoms with van der Waals surface area (Å²) in [6.07, 6.45) is -1.80. The van der Waals surface area contributed by atoms with Gasteiger partial charge in [0.25, 0.3) is 0 Å². The molecule has 2 aliphatic heterocycles. The molecule has 0 bridgehead atoms. The zero-order valence-electron chi connectivity index (χ0n) is 11.9. The summed E-state index contributed by atoms with van der Waals surface area (Å²) in [4.78, 5) is 17.4. The van der Waals surface area contributed by atoms with E-state index in [0.717, 1.165) is 0 Å². The van der Waals surface area contributed by atoms with Crippen molar-refractivity contribution in [2.45, 2.75) is 37.5 Å². The summed E-state index contributed by atoms with van der Waals surface area (Å²) in [6, 6.07) is 4.08. The SMILES string of the molecule is C[C@@]1(O)[C@H](O)[C@@H](CO)O[C@H]1N1Cc2[c-]ccnc2NC1=O.[Y]. The number of hydrogen-bond acceptors (Lipinski definition) is 6. The molecule has 0 aromatic carbocycles. The molecule has 1 fully saturated rings. The van der Waals surface area contributed by atoms with E-state index in [9.17, 15) is 20.1 Å². The minimum absolute atomic E-state index is 0. The monoisotopic (exact) mass is 383 g/mol. The maximum absolute atomic E-state index is 12.2. The molecule has 4 atom stereocenters. The summed E-state index contributed by atoms with van der Waals surface area (Å²) >= 11 is 0. The van der Waals surface area contributed by atoms with Crippen LogP contribution in [0.1, 0.15) is 12.5 Å². The van der Waals surface area contributed by atoms with Gasteiger partial charge < -0.3 is 30.4 Å². The average molecular weight is 383 g/mol. The number of urea groups is 1. The second kappa shape index (κ2) is 6.47. The molecule has 0 unspecified atom stereocenters. The second-order valence-corrected chi connectivity index (χ2v) is 5.35. The van der Waals surface area contributed by atoms with Crippen LogP contribution in [0.3, 0.4) is 0 Å². The second-order valence-electron chi connectivity index (χ2n) is 5.35. The van der Waals surface area contributed by atoms with Crippen LogP contribution in [0.25, 0.3) is 0 Å². The van der Waals surface area contributed by atoms with E-state index >= 15 is 0 Å². The van der Waals surface area contributed by atoms with E-state index in [1.54, 1.807) is 6.07 Å². The van der Waals surface area contributed by atoms with Crippen LogP contribution in [-0.4, -0.2) is 61.9 Å². The van der Waals surface area contributed by atoms with Gasteiger partial charge in [-0.1, -0.05) is 6.20 Å². The Morgan fingerprint density at radius 1 is 1.64 bits per heavy atom. The molecule has 8 nitrogen and oxygen atoms in total. The Kier molecular flexibility index (Phi) is 5.21. The number of nitrogens with zero attached hydrogens (tertiary/aromatic N) is 2. The number of ether oxygens (including phenoxy) is 1. The molecular weight excluding hydrogens is 367 g/mol. The van der Waals surface area contributed by atoms with E-state index in [-0.39, 0.29) is 39.3 Å². The smallest absolute Gasteiger partial charge is 0.314 e. The number of pyridine rings is 1. The first-order chi connectivity index (χ1) is 9.95. The molecule has 9 heteroatoms. The van der Waals surface area contributed by atoms with Crippen molar-refractivity contribution in [2.75, 3.05) is 11.9 Å². The number of carbonyl (C=O) groups excluding carboxylic acids is 1. The van der Waals surface area contributed by atoms with Gasteiger partial charge in [0.15, 0.2) is 6.23 Å². The molecule has 3 heterocycles. The fourth-order valence-corrected chi connectivity index (χ4v) is 2.66. The van der Waals surface area contributed by atoms with Crippen LogP contribution in [0.4, 0.5) is 10.6 Å². The quantitative estimate of drug-likeness (QED) is 0.490. The van der Waals surface area contributed by atoms with Gasteiger partial charge in [-0.15, -0.1) is 5.56 Å². The normalized spacial score (nSPS) is 33.9. The van der Waals surface area contributed by atoms with Crippen molar-refractivity contribution < 1.29 is 57.6 Å². The number of amides is 2. The minimum Gasteiger partial charge on any atom is -0.394 e. The number of aliphatic hydroxyl groups is 3. The molecule has 2 amide bonds. The summed E-state index contributed by atoms with van der Waals surface area (Å²) in [5.74, 6) is 0.413. The predicted molar refractivity (Wildman–Crippen MR) is 70.0 cm³/mol. The van der Waals surface area contributed by atoms with Crippen LogP contribution >= 0.6 is 0 Å². The van der Waals surface area contributed by atoms with E-state index in [1.165, 1.54) is 18.0 Å². The molecule has 4 N–H and O–H groups in total. The Morgan fingerprint density at radius 3 is 3.00 bits per heavy atom. The van der Waals surface area contributed by atoms with Crippen molar-refractivity contribution in [3.63, 3.8) is 0 Å². The standard InChI is InChI=1S/C13H16N3O5.Y/c1-13(20)9(18)8(6-17)21-11(13)16-5-7-3-2-4-14-10(7)15-12(16)19;/h2,4,8-9,11,17-18,20H,5-6H2,1H3,(H,14,15,19);/q-1;/t8-,9-,11-,13-;/m1./s1. The first kappa shape index (κ1) is 17.7. The van der Waals surface area contributed by atoms with E-state index in [0.29, 0.717) is 11.4 Å². The van der Waals surface area contributed by atoms with E-state index in [2.05, 4.69) is 16.4 Å². The number of hydrogen-bond donors (Lipinski definition) is 4. The van der Waals surface area contributed by atoms with E-state index < -0.39 is 36.7 Å². The van der Waals surface area contributed by atoms with Crippen LogP contribution in [0.15, 0.2) is 12.3 Å². The number of fused-ring (bicyclic) bond motifs is 1. The number of carbonyl (C=O) groups is 1. The van der Waals surface area contributed by atoms with Crippen molar-refractivity contribution in [3.8, 4) is 0 Å². The summed E-state index contributed by atoms with van der Waals surface area (Å²) in [5, 5.41) is 32.2. The molecule has 117 valence electrons. The van der Waals surface area contributed by atoms with Gasteiger partial charge in [-0.2, -0.15) is 12.1 Å². The number of rotatable bonds is 2. The maximum atomic E-state index is 12.2. The average Bonchev–Trinajstić information content (AvgIpc) is 2.69. The molecule has 0 aliphatic carbocycles. The third-order valence-corrected chi connectivity index (χ3v) is 3.85. The number of nitrogens with one attached hydrogen (secondary N) is 1. The molecule has 1 radical (unpaired) electrons. The topological polar surface area (TPSA) is 115 Å². The summed E-state index contributed by atoms with van der Waals surface area (Å²) in [7, 11) is 0. The zero-order valence-corrected chi connectivity index (χ0v) is 14.8. The Hall–Kier alpha value is -0.636. The van der Waals surface area contributed by atoms with Gasteiger partial charge in [0.1, 0.15) is 17.8 Å². The van der Waals surface area contributed by atoms with Crippen molar-refractivity contribution in [1.82, 2.24) is 9.88 Å². The van der Waals surface area contributed by atoms with Crippen molar-refractivity contribution in [2.24, 2.45) is 0 Å². The number of aromatic nitrogens is 1. The number of anilines is 1. The van der Waals surface area contributed by atoms with Gasteiger partial charge in [-0.05, 0) is 6.92 Å². The zero-order chi connectivity index (χ0) is 15.2. The van der Waals surface area contributed by atoms with Gasteiger partial charge in [0.05, 0.1) is 6.61 Å². The predicted octanol–water partition coefficient (Wildman–Crippen LogP) is -0.944. The number of aliphatic hydroxyl groups excluding tert-OH is 2. The summed E-state index contributed by atoms with van der Waals surface area (Å²) in [6.45, 7) is 1.06. The third kappa shape index (κ3) is 2.79. The third-order valence-electron chi connectivity index (χ3n) is 3.85. The minimum atomic E-state index is -1.69. The Morgan fingerprint density at radius 2 is 2.36 bits per heavy atom. The molecule has 1 aromatic rings. The van der Waals surface area contributed by atoms with E-state index in [1.807, 2.05) is 0 Å². The van der Waals surface area contributed by atoms with Crippen LogP contribution in [-0.2, 0) is 44.0 Å². The van der Waals surface area contributed by atoms with Crippen LogP contribution in [0.2, 0.25) is 0 Å². The molecule has 0 saturated carbocycles.